The molecule has 0 heterocycles. The van der Waals surface area contributed by atoms with Gasteiger partial charge >= 0.3 is 5.97 Å². The zero-order chi connectivity index (χ0) is 21.0. The molecule has 1 aliphatic rings. The normalized spacial score (nSPS) is 13.0. The standard InChI is InChI=1S/C23H18O6/c1-4-18(28-5-2)23(26)29-19-11-10-14(13-20(19)27-3)12-17-21(24)15-8-6-7-9-16(15)22(17)25/h4-13H,2H2,1,3H3/b18-4-. The molecule has 0 bridgehead atoms. The second kappa shape index (κ2) is 8.39. The molecule has 0 unspecified atom stereocenters. The summed E-state index contributed by atoms with van der Waals surface area (Å²) in [7, 11) is 1.42. The first-order valence-corrected chi connectivity index (χ1v) is 8.74. The number of ketones is 2. The fourth-order valence-corrected chi connectivity index (χ4v) is 2.90. The molecule has 0 N–H and O–H groups in total. The number of carbonyl (C=O) groups is 3. The van der Waals surface area contributed by atoms with E-state index in [0.29, 0.717) is 16.7 Å². The lowest BCUT2D eigenvalue weighted by atomic mass is 10.1. The van der Waals surface area contributed by atoms with Crippen LogP contribution in [0.4, 0.5) is 0 Å². The number of hydrogen-bond acceptors (Lipinski definition) is 6. The first-order chi connectivity index (χ1) is 14.0. The molecule has 0 radical (unpaired) electrons. The number of carbonyl (C=O) groups excluding carboxylic acids is 3. The number of benzene rings is 2. The number of methoxy groups -OCH3 is 1. The van der Waals surface area contributed by atoms with Crippen LogP contribution in [0.15, 0.2) is 72.7 Å². The molecule has 6 heteroatoms. The maximum absolute atomic E-state index is 12.5. The van der Waals surface area contributed by atoms with Crippen LogP contribution in [0.2, 0.25) is 0 Å². The Morgan fingerprint density at radius 3 is 2.21 bits per heavy atom. The number of fused-ring (bicyclic) bond motifs is 1. The van der Waals surface area contributed by atoms with E-state index in [2.05, 4.69) is 6.58 Å². The van der Waals surface area contributed by atoms with Crippen molar-refractivity contribution in [2.75, 3.05) is 7.11 Å². The summed E-state index contributed by atoms with van der Waals surface area (Å²) < 4.78 is 15.6. The first kappa shape index (κ1) is 19.8. The van der Waals surface area contributed by atoms with Gasteiger partial charge in [-0.15, -0.1) is 0 Å². The summed E-state index contributed by atoms with van der Waals surface area (Å²) in [5.41, 5.74) is 1.41. The molecule has 0 atom stereocenters. The molecule has 0 aliphatic heterocycles. The van der Waals surface area contributed by atoms with Gasteiger partial charge in [-0.2, -0.15) is 0 Å². The van der Waals surface area contributed by atoms with Crippen LogP contribution >= 0.6 is 0 Å². The van der Waals surface area contributed by atoms with Gasteiger partial charge in [-0.25, -0.2) is 4.79 Å². The van der Waals surface area contributed by atoms with E-state index in [1.165, 1.54) is 25.3 Å². The highest BCUT2D eigenvalue weighted by Crippen LogP contribution is 2.32. The Labute approximate surface area is 167 Å². The van der Waals surface area contributed by atoms with Gasteiger partial charge in [0.05, 0.1) is 18.9 Å². The van der Waals surface area contributed by atoms with E-state index in [1.807, 2.05) is 0 Å². The highest BCUT2D eigenvalue weighted by Gasteiger charge is 2.32. The molecule has 146 valence electrons. The lowest BCUT2D eigenvalue weighted by Crippen LogP contribution is -2.12. The fraction of sp³-hybridized carbons (Fsp3) is 0.0870. The minimum atomic E-state index is -0.714. The molecule has 1 aliphatic carbocycles. The Kier molecular flexibility index (Phi) is 5.74. The molecule has 0 aromatic heterocycles. The predicted octanol–water partition coefficient (Wildman–Crippen LogP) is 4.13. The van der Waals surface area contributed by atoms with Crippen LogP contribution < -0.4 is 9.47 Å². The predicted molar refractivity (Wildman–Crippen MR) is 107 cm³/mol. The zero-order valence-corrected chi connectivity index (χ0v) is 15.9. The highest BCUT2D eigenvalue weighted by atomic mass is 16.6. The van der Waals surface area contributed by atoms with Crippen LogP contribution in [0.25, 0.3) is 6.08 Å². The molecule has 2 aromatic carbocycles. The van der Waals surface area contributed by atoms with E-state index in [4.69, 9.17) is 14.2 Å². The van der Waals surface area contributed by atoms with Crippen LogP contribution in [0.1, 0.15) is 33.2 Å². The number of rotatable bonds is 6. The van der Waals surface area contributed by atoms with Gasteiger partial charge in [0.1, 0.15) is 0 Å². The summed E-state index contributed by atoms with van der Waals surface area (Å²) in [6.45, 7) is 5.03. The van der Waals surface area contributed by atoms with Crippen LogP contribution in [0.3, 0.4) is 0 Å². The van der Waals surface area contributed by atoms with E-state index < -0.39 is 5.97 Å². The summed E-state index contributed by atoms with van der Waals surface area (Å²) in [6, 6.07) is 11.4. The van der Waals surface area contributed by atoms with E-state index in [9.17, 15) is 14.4 Å². The molecule has 0 amide bonds. The lowest BCUT2D eigenvalue weighted by Gasteiger charge is -2.11. The van der Waals surface area contributed by atoms with Crippen molar-refractivity contribution in [1.82, 2.24) is 0 Å². The average Bonchev–Trinajstić information content (AvgIpc) is 2.98. The van der Waals surface area contributed by atoms with Gasteiger partial charge in [0.25, 0.3) is 0 Å². The second-order valence-electron chi connectivity index (χ2n) is 6.00. The Morgan fingerprint density at radius 1 is 1.00 bits per heavy atom. The third-order valence-corrected chi connectivity index (χ3v) is 4.28. The number of hydrogen-bond donors (Lipinski definition) is 0. The Morgan fingerprint density at radius 2 is 1.66 bits per heavy atom. The quantitative estimate of drug-likeness (QED) is 0.243. The van der Waals surface area contributed by atoms with Gasteiger partial charge in [-0.1, -0.05) is 36.9 Å². The van der Waals surface area contributed by atoms with E-state index in [1.54, 1.807) is 43.3 Å². The molecular weight excluding hydrogens is 372 g/mol. The van der Waals surface area contributed by atoms with Crippen LogP contribution in [-0.4, -0.2) is 24.6 Å². The third-order valence-electron chi connectivity index (χ3n) is 4.28. The van der Waals surface area contributed by atoms with E-state index in [-0.39, 0.29) is 34.4 Å². The van der Waals surface area contributed by atoms with Gasteiger partial charge in [0.2, 0.25) is 5.76 Å². The smallest absolute Gasteiger partial charge is 0.379 e. The number of allylic oxidation sites excluding steroid dienone is 2. The fourth-order valence-electron chi connectivity index (χ4n) is 2.90. The molecule has 0 fully saturated rings. The maximum Gasteiger partial charge on any atom is 0.379 e. The molecule has 0 spiro atoms. The minimum Gasteiger partial charge on any atom is -0.493 e. The lowest BCUT2D eigenvalue weighted by molar-refractivity contribution is -0.133. The molecule has 29 heavy (non-hydrogen) atoms. The summed E-state index contributed by atoms with van der Waals surface area (Å²) in [4.78, 5) is 37.2. The van der Waals surface area contributed by atoms with Crippen LogP contribution in [0, 0.1) is 0 Å². The molecular formula is C23H18O6. The van der Waals surface area contributed by atoms with Crippen molar-refractivity contribution < 1.29 is 28.6 Å². The van der Waals surface area contributed by atoms with Gasteiger partial charge in [-0.3, -0.25) is 9.59 Å². The van der Waals surface area contributed by atoms with Crippen molar-refractivity contribution in [3.63, 3.8) is 0 Å². The Balaban J connectivity index is 1.89. The summed E-state index contributed by atoms with van der Waals surface area (Å²) in [5, 5.41) is 0. The van der Waals surface area contributed by atoms with Crippen molar-refractivity contribution >= 4 is 23.6 Å². The van der Waals surface area contributed by atoms with Crippen molar-refractivity contribution in [1.29, 1.82) is 0 Å². The highest BCUT2D eigenvalue weighted by molar-refractivity contribution is 6.41. The van der Waals surface area contributed by atoms with Gasteiger partial charge in [0.15, 0.2) is 23.1 Å². The SMILES string of the molecule is C=CO/C(=C\C)C(=O)Oc1ccc(C=C2C(=O)c3ccccc3C2=O)cc1OC. The van der Waals surface area contributed by atoms with E-state index >= 15 is 0 Å². The number of esters is 1. The number of ether oxygens (including phenoxy) is 3. The van der Waals surface area contributed by atoms with Gasteiger partial charge in [0, 0.05) is 11.1 Å². The molecule has 2 aromatic rings. The first-order valence-electron chi connectivity index (χ1n) is 8.74. The monoisotopic (exact) mass is 390 g/mol. The van der Waals surface area contributed by atoms with E-state index in [0.717, 1.165) is 6.26 Å². The third kappa shape index (κ3) is 3.87. The summed E-state index contributed by atoms with van der Waals surface area (Å²) in [6.07, 6.45) is 4.07. The number of Topliss-reactive ketones (excluding diaryl/α,β-unsaturated/α-hetero) is 2. The van der Waals surface area contributed by atoms with Crippen LogP contribution in [-0.2, 0) is 9.53 Å². The molecule has 3 rings (SSSR count). The Hall–Kier alpha value is -3.93. The van der Waals surface area contributed by atoms with Crippen molar-refractivity contribution in [3.8, 4) is 11.5 Å². The van der Waals surface area contributed by atoms with Crippen molar-refractivity contribution in [2.24, 2.45) is 0 Å². The zero-order valence-electron chi connectivity index (χ0n) is 15.9. The molecule has 0 saturated heterocycles. The maximum atomic E-state index is 12.5. The topological polar surface area (TPSA) is 78.9 Å². The summed E-state index contributed by atoms with van der Waals surface area (Å²) in [5.74, 6) is -0.948. The summed E-state index contributed by atoms with van der Waals surface area (Å²) >= 11 is 0. The van der Waals surface area contributed by atoms with Crippen molar-refractivity contribution in [2.45, 2.75) is 6.92 Å². The van der Waals surface area contributed by atoms with Crippen LogP contribution in [0.5, 0.6) is 11.5 Å². The second-order valence-corrected chi connectivity index (χ2v) is 6.00. The molecule has 0 saturated carbocycles. The minimum absolute atomic E-state index is 0.0202. The molecule has 6 nitrogen and oxygen atoms in total. The Bertz CT molecular complexity index is 1040. The largest absolute Gasteiger partial charge is 0.493 e. The van der Waals surface area contributed by atoms with Gasteiger partial charge < -0.3 is 14.2 Å². The van der Waals surface area contributed by atoms with Gasteiger partial charge in [-0.05, 0) is 36.8 Å². The average molecular weight is 390 g/mol. The van der Waals surface area contributed by atoms with Crippen molar-refractivity contribution in [3.05, 3.63) is 89.4 Å².